The van der Waals surface area contributed by atoms with Gasteiger partial charge in [0.15, 0.2) is 0 Å². The molecule has 1 amide bonds. The van der Waals surface area contributed by atoms with Crippen LogP contribution in [0.4, 0.5) is 4.79 Å². The minimum absolute atomic E-state index is 0.0451. The maximum atomic E-state index is 12.1. The van der Waals surface area contributed by atoms with Crippen molar-refractivity contribution in [2.24, 2.45) is 5.73 Å². The van der Waals surface area contributed by atoms with E-state index in [0.29, 0.717) is 19.7 Å². The molecule has 2 aliphatic rings. The van der Waals surface area contributed by atoms with Gasteiger partial charge in [0.1, 0.15) is 11.7 Å². The van der Waals surface area contributed by atoms with Crippen molar-refractivity contribution in [1.29, 1.82) is 0 Å². The van der Waals surface area contributed by atoms with E-state index in [1.165, 1.54) is 0 Å². The predicted molar refractivity (Wildman–Crippen MR) is 68.2 cm³/mol. The van der Waals surface area contributed by atoms with E-state index < -0.39 is 5.60 Å². The molecule has 102 valence electrons. The van der Waals surface area contributed by atoms with Crippen LogP contribution in [0.3, 0.4) is 0 Å². The molecule has 2 atom stereocenters. The van der Waals surface area contributed by atoms with Crippen molar-refractivity contribution in [3.05, 3.63) is 11.6 Å². The fourth-order valence-electron chi connectivity index (χ4n) is 2.46. The number of ether oxygens (including phenoxy) is 2. The Hall–Kier alpha value is -1.07. The monoisotopic (exact) mass is 254 g/mol. The van der Waals surface area contributed by atoms with E-state index in [0.717, 1.165) is 12.0 Å². The van der Waals surface area contributed by atoms with Crippen LogP contribution in [0.2, 0.25) is 0 Å². The van der Waals surface area contributed by atoms with Gasteiger partial charge in [-0.2, -0.15) is 0 Å². The molecule has 1 saturated heterocycles. The highest BCUT2D eigenvalue weighted by molar-refractivity contribution is 5.69. The Balaban J connectivity index is 2.04. The maximum Gasteiger partial charge on any atom is 0.410 e. The predicted octanol–water partition coefficient (Wildman–Crippen LogP) is 1.28. The van der Waals surface area contributed by atoms with E-state index in [2.05, 4.69) is 6.08 Å². The third kappa shape index (κ3) is 2.67. The maximum absolute atomic E-state index is 12.1. The lowest BCUT2D eigenvalue weighted by Gasteiger charge is -2.39. The SMILES string of the molecule is CC(C)(C)OC(=O)N1CCOC2C(CN)=CCC21. The summed E-state index contributed by atoms with van der Waals surface area (Å²) < 4.78 is 11.1. The van der Waals surface area contributed by atoms with Crippen molar-refractivity contribution in [1.82, 2.24) is 4.90 Å². The van der Waals surface area contributed by atoms with Gasteiger partial charge in [-0.15, -0.1) is 0 Å². The van der Waals surface area contributed by atoms with Gasteiger partial charge in [0.25, 0.3) is 0 Å². The lowest BCUT2D eigenvalue weighted by Crippen LogP contribution is -2.53. The second kappa shape index (κ2) is 4.90. The van der Waals surface area contributed by atoms with E-state index in [-0.39, 0.29) is 18.2 Å². The third-order valence-corrected chi connectivity index (χ3v) is 3.23. The summed E-state index contributed by atoms with van der Waals surface area (Å²) in [5, 5.41) is 0. The highest BCUT2D eigenvalue weighted by Gasteiger charge is 2.40. The lowest BCUT2D eigenvalue weighted by molar-refractivity contribution is -0.0557. The highest BCUT2D eigenvalue weighted by atomic mass is 16.6. The highest BCUT2D eigenvalue weighted by Crippen LogP contribution is 2.30. The van der Waals surface area contributed by atoms with E-state index in [4.69, 9.17) is 15.2 Å². The Morgan fingerprint density at radius 1 is 1.61 bits per heavy atom. The molecule has 0 bridgehead atoms. The fraction of sp³-hybridized carbons (Fsp3) is 0.769. The Bertz CT molecular complexity index is 360. The standard InChI is InChI=1S/C13H22N2O3/c1-13(2,3)18-12(16)15-6-7-17-11-9(8-14)4-5-10(11)15/h4,10-11H,5-8,14H2,1-3H3. The first-order valence-electron chi connectivity index (χ1n) is 6.42. The summed E-state index contributed by atoms with van der Waals surface area (Å²) >= 11 is 0. The average molecular weight is 254 g/mol. The molecule has 2 rings (SSSR count). The van der Waals surface area contributed by atoms with Crippen LogP contribution >= 0.6 is 0 Å². The molecular weight excluding hydrogens is 232 g/mol. The summed E-state index contributed by atoms with van der Waals surface area (Å²) in [6.07, 6.45) is 2.58. The molecule has 18 heavy (non-hydrogen) atoms. The molecule has 2 N–H and O–H groups in total. The summed E-state index contributed by atoms with van der Waals surface area (Å²) in [6, 6.07) is 0.0483. The molecule has 0 radical (unpaired) electrons. The van der Waals surface area contributed by atoms with Gasteiger partial charge in [0.2, 0.25) is 0 Å². The summed E-state index contributed by atoms with van der Waals surface area (Å²) in [5.74, 6) is 0. The molecule has 1 fully saturated rings. The number of fused-ring (bicyclic) bond motifs is 1. The van der Waals surface area contributed by atoms with Gasteiger partial charge >= 0.3 is 6.09 Å². The van der Waals surface area contributed by atoms with Crippen LogP contribution in [-0.4, -0.2) is 48.4 Å². The van der Waals surface area contributed by atoms with Crippen molar-refractivity contribution in [3.8, 4) is 0 Å². The van der Waals surface area contributed by atoms with Crippen LogP contribution in [0, 0.1) is 0 Å². The average Bonchev–Trinajstić information content (AvgIpc) is 2.69. The zero-order valence-corrected chi connectivity index (χ0v) is 11.3. The summed E-state index contributed by atoms with van der Waals surface area (Å²) in [6.45, 7) is 7.24. The minimum atomic E-state index is -0.465. The van der Waals surface area contributed by atoms with E-state index in [1.54, 1.807) is 4.90 Å². The summed E-state index contributed by atoms with van der Waals surface area (Å²) in [4.78, 5) is 13.9. The Kier molecular flexibility index (Phi) is 3.64. The first kappa shape index (κ1) is 13.4. The molecule has 0 saturated carbocycles. The zero-order valence-electron chi connectivity index (χ0n) is 11.3. The Labute approximate surface area is 108 Å². The van der Waals surface area contributed by atoms with Gasteiger partial charge in [-0.05, 0) is 32.8 Å². The van der Waals surface area contributed by atoms with Crippen LogP contribution in [0.5, 0.6) is 0 Å². The zero-order chi connectivity index (χ0) is 13.3. The number of carbonyl (C=O) groups excluding carboxylic acids is 1. The molecule has 1 aliphatic carbocycles. The molecule has 0 aromatic carbocycles. The largest absolute Gasteiger partial charge is 0.444 e. The molecule has 2 unspecified atom stereocenters. The van der Waals surface area contributed by atoms with Gasteiger partial charge in [-0.3, -0.25) is 4.90 Å². The first-order valence-corrected chi connectivity index (χ1v) is 6.42. The topological polar surface area (TPSA) is 64.8 Å². The summed E-state index contributed by atoms with van der Waals surface area (Å²) in [7, 11) is 0. The Morgan fingerprint density at radius 3 is 2.94 bits per heavy atom. The van der Waals surface area contributed by atoms with Crippen LogP contribution in [-0.2, 0) is 9.47 Å². The van der Waals surface area contributed by atoms with Gasteiger partial charge in [0, 0.05) is 13.1 Å². The normalized spacial score (nSPS) is 27.8. The number of amides is 1. The van der Waals surface area contributed by atoms with Gasteiger partial charge in [-0.1, -0.05) is 6.08 Å². The smallest absolute Gasteiger partial charge is 0.410 e. The molecular formula is C13H22N2O3. The molecule has 5 nitrogen and oxygen atoms in total. The van der Waals surface area contributed by atoms with Crippen molar-refractivity contribution in [3.63, 3.8) is 0 Å². The van der Waals surface area contributed by atoms with E-state index in [9.17, 15) is 4.79 Å². The molecule has 0 aromatic rings. The number of nitrogens with zero attached hydrogens (tertiary/aromatic N) is 1. The number of morpholine rings is 1. The van der Waals surface area contributed by atoms with Crippen LogP contribution in [0.25, 0.3) is 0 Å². The van der Waals surface area contributed by atoms with E-state index >= 15 is 0 Å². The second-order valence-electron chi connectivity index (χ2n) is 5.75. The van der Waals surface area contributed by atoms with E-state index in [1.807, 2.05) is 20.8 Å². The molecule has 0 spiro atoms. The molecule has 5 heteroatoms. The Morgan fingerprint density at radius 2 is 2.33 bits per heavy atom. The van der Waals surface area contributed by atoms with Crippen molar-refractivity contribution in [2.45, 2.75) is 44.9 Å². The quantitative estimate of drug-likeness (QED) is 0.716. The molecule has 1 heterocycles. The van der Waals surface area contributed by atoms with Gasteiger partial charge < -0.3 is 15.2 Å². The molecule has 0 aromatic heterocycles. The summed E-state index contributed by atoms with van der Waals surface area (Å²) in [5.41, 5.74) is 6.31. The first-order chi connectivity index (χ1) is 8.42. The number of hydrogen-bond donors (Lipinski definition) is 1. The van der Waals surface area contributed by atoms with Crippen molar-refractivity contribution >= 4 is 6.09 Å². The number of carbonyl (C=O) groups is 1. The number of rotatable bonds is 1. The molecule has 1 aliphatic heterocycles. The third-order valence-electron chi connectivity index (χ3n) is 3.23. The van der Waals surface area contributed by atoms with Crippen LogP contribution in [0.15, 0.2) is 11.6 Å². The number of hydrogen-bond acceptors (Lipinski definition) is 4. The minimum Gasteiger partial charge on any atom is -0.444 e. The lowest BCUT2D eigenvalue weighted by atomic mass is 10.1. The van der Waals surface area contributed by atoms with Crippen molar-refractivity contribution in [2.75, 3.05) is 19.7 Å². The van der Waals surface area contributed by atoms with Gasteiger partial charge in [-0.25, -0.2) is 4.79 Å². The van der Waals surface area contributed by atoms with Crippen LogP contribution in [0.1, 0.15) is 27.2 Å². The fourth-order valence-corrected chi connectivity index (χ4v) is 2.46. The number of nitrogens with two attached hydrogens (primary N) is 1. The second-order valence-corrected chi connectivity index (χ2v) is 5.75. The van der Waals surface area contributed by atoms with Gasteiger partial charge in [0.05, 0.1) is 12.6 Å². The van der Waals surface area contributed by atoms with Crippen LogP contribution < -0.4 is 5.73 Å². The van der Waals surface area contributed by atoms with Crippen molar-refractivity contribution < 1.29 is 14.3 Å².